The predicted octanol–water partition coefficient (Wildman–Crippen LogP) is 1.89. The molecule has 21 heavy (non-hydrogen) atoms. The number of aliphatic hydroxyl groups excluding tert-OH is 1. The Balaban J connectivity index is 3.03. The summed E-state index contributed by atoms with van der Waals surface area (Å²) >= 11 is 0. The molecule has 0 aliphatic rings. The summed E-state index contributed by atoms with van der Waals surface area (Å²) < 4.78 is 32.9. The summed E-state index contributed by atoms with van der Waals surface area (Å²) in [7, 11) is -3.63. The molecule has 0 atom stereocenters. The van der Waals surface area contributed by atoms with E-state index in [1.165, 1.54) is 6.07 Å². The van der Waals surface area contributed by atoms with Crippen LogP contribution in [0.5, 0.6) is 0 Å². The number of nitrogens with one attached hydrogen (secondary N) is 1. The second-order valence-corrected chi connectivity index (χ2v) is 7.45. The first-order valence-electron chi connectivity index (χ1n) is 6.97. The molecule has 0 heterocycles. The van der Waals surface area contributed by atoms with Gasteiger partial charge >= 0.3 is 0 Å². The first kappa shape index (κ1) is 18.1. The lowest BCUT2D eigenvalue weighted by atomic mass is 10.1. The SMILES string of the molecule is CCOC(C)(C)CNS(=O)(=O)c1cc(CO)c(C)cc1C. The van der Waals surface area contributed by atoms with Crippen LogP contribution >= 0.6 is 0 Å². The van der Waals surface area contributed by atoms with E-state index < -0.39 is 15.6 Å². The van der Waals surface area contributed by atoms with E-state index in [0.717, 1.165) is 5.56 Å². The van der Waals surface area contributed by atoms with Gasteiger partial charge in [-0.1, -0.05) is 6.07 Å². The van der Waals surface area contributed by atoms with Gasteiger partial charge in [0.25, 0.3) is 0 Å². The zero-order valence-electron chi connectivity index (χ0n) is 13.4. The zero-order valence-corrected chi connectivity index (χ0v) is 14.2. The fraction of sp³-hybridized carbons (Fsp3) is 0.600. The Kier molecular flexibility index (Phi) is 5.92. The van der Waals surface area contributed by atoms with Crippen molar-refractivity contribution >= 4 is 10.0 Å². The lowest BCUT2D eigenvalue weighted by Crippen LogP contribution is -2.40. The Morgan fingerprint density at radius 2 is 1.86 bits per heavy atom. The topological polar surface area (TPSA) is 75.6 Å². The smallest absolute Gasteiger partial charge is 0.240 e. The van der Waals surface area contributed by atoms with E-state index in [2.05, 4.69) is 4.72 Å². The minimum absolute atomic E-state index is 0.181. The van der Waals surface area contributed by atoms with Crippen LogP contribution in [0, 0.1) is 13.8 Å². The molecule has 0 spiro atoms. The molecule has 2 N–H and O–H groups in total. The van der Waals surface area contributed by atoms with Crippen molar-refractivity contribution in [2.45, 2.75) is 51.7 Å². The van der Waals surface area contributed by atoms with Crippen molar-refractivity contribution in [3.8, 4) is 0 Å². The summed E-state index contributed by atoms with van der Waals surface area (Å²) in [5.74, 6) is 0. The highest BCUT2D eigenvalue weighted by Gasteiger charge is 2.24. The molecule has 0 aliphatic carbocycles. The molecular weight excluding hydrogens is 290 g/mol. The number of benzene rings is 1. The molecule has 1 aromatic carbocycles. The molecule has 0 aliphatic heterocycles. The van der Waals surface area contributed by atoms with Crippen molar-refractivity contribution in [1.82, 2.24) is 4.72 Å². The molecule has 0 fully saturated rings. The van der Waals surface area contributed by atoms with Gasteiger partial charge in [0.15, 0.2) is 0 Å². The predicted molar refractivity (Wildman–Crippen MR) is 82.7 cm³/mol. The van der Waals surface area contributed by atoms with Gasteiger partial charge in [0, 0.05) is 13.2 Å². The van der Waals surface area contributed by atoms with Gasteiger partial charge in [-0.15, -0.1) is 0 Å². The minimum atomic E-state index is -3.63. The Morgan fingerprint density at radius 1 is 1.24 bits per heavy atom. The largest absolute Gasteiger partial charge is 0.392 e. The highest BCUT2D eigenvalue weighted by atomic mass is 32.2. The van der Waals surface area contributed by atoms with E-state index >= 15 is 0 Å². The highest BCUT2D eigenvalue weighted by Crippen LogP contribution is 2.21. The number of sulfonamides is 1. The van der Waals surface area contributed by atoms with Crippen molar-refractivity contribution in [3.05, 3.63) is 28.8 Å². The molecule has 6 heteroatoms. The lowest BCUT2D eigenvalue weighted by Gasteiger charge is -2.25. The van der Waals surface area contributed by atoms with Gasteiger partial charge < -0.3 is 9.84 Å². The fourth-order valence-electron chi connectivity index (χ4n) is 2.12. The van der Waals surface area contributed by atoms with E-state index in [1.54, 1.807) is 13.0 Å². The Morgan fingerprint density at radius 3 is 2.38 bits per heavy atom. The summed E-state index contributed by atoms with van der Waals surface area (Å²) in [5.41, 5.74) is 1.58. The molecule has 0 unspecified atom stereocenters. The third-order valence-electron chi connectivity index (χ3n) is 3.32. The lowest BCUT2D eigenvalue weighted by molar-refractivity contribution is -0.00515. The van der Waals surface area contributed by atoms with Gasteiger partial charge in [-0.3, -0.25) is 0 Å². The number of rotatable bonds is 7. The molecule has 0 saturated carbocycles. The first-order chi connectivity index (χ1) is 9.63. The van der Waals surface area contributed by atoms with E-state index in [4.69, 9.17) is 4.74 Å². The number of aryl methyl sites for hydroxylation is 2. The van der Waals surface area contributed by atoms with E-state index in [9.17, 15) is 13.5 Å². The fourth-order valence-corrected chi connectivity index (χ4v) is 3.60. The molecule has 1 aromatic rings. The summed E-state index contributed by atoms with van der Waals surface area (Å²) in [6, 6.07) is 3.30. The second kappa shape index (κ2) is 6.87. The monoisotopic (exact) mass is 315 g/mol. The van der Waals surface area contributed by atoms with Crippen LogP contribution in [0.1, 0.15) is 37.5 Å². The number of ether oxygens (including phenoxy) is 1. The van der Waals surface area contributed by atoms with Crippen LogP contribution in [0.25, 0.3) is 0 Å². The van der Waals surface area contributed by atoms with Gasteiger partial charge in [-0.2, -0.15) is 0 Å². The van der Waals surface area contributed by atoms with Gasteiger partial charge in [0.05, 0.1) is 17.1 Å². The number of aliphatic hydroxyl groups is 1. The van der Waals surface area contributed by atoms with Crippen molar-refractivity contribution in [2.24, 2.45) is 0 Å². The molecule has 0 aromatic heterocycles. The van der Waals surface area contributed by atoms with Crippen LogP contribution in [-0.4, -0.2) is 32.3 Å². The Hall–Kier alpha value is -0.950. The highest BCUT2D eigenvalue weighted by molar-refractivity contribution is 7.89. The molecule has 0 radical (unpaired) electrons. The standard InChI is InChI=1S/C15H25NO4S/c1-6-20-15(4,5)10-16-21(18,19)14-8-13(9-17)11(2)7-12(14)3/h7-8,16-17H,6,9-10H2,1-5H3. The third-order valence-corrected chi connectivity index (χ3v) is 4.86. The van der Waals surface area contributed by atoms with Gasteiger partial charge in [-0.25, -0.2) is 13.1 Å². The van der Waals surface area contributed by atoms with E-state index in [1.807, 2.05) is 27.7 Å². The summed E-state index contributed by atoms with van der Waals surface area (Å²) in [4.78, 5) is 0.199. The Bertz CT molecular complexity index is 594. The summed E-state index contributed by atoms with van der Waals surface area (Å²) in [6.07, 6.45) is 0. The van der Waals surface area contributed by atoms with Crippen LogP contribution < -0.4 is 4.72 Å². The third kappa shape index (κ3) is 4.78. The maximum Gasteiger partial charge on any atom is 0.240 e. The molecular formula is C15H25NO4S. The molecule has 0 bridgehead atoms. The minimum Gasteiger partial charge on any atom is -0.392 e. The van der Waals surface area contributed by atoms with Crippen LogP contribution in [0.2, 0.25) is 0 Å². The quantitative estimate of drug-likeness (QED) is 0.805. The second-order valence-electron chi connectivity index (χ2n) is 5.72. The van der Waals surface area contributed by atoms with Gasteiger partial charge in [0.2, 0.25) is 10.0 Å². The molecule has 1 rings (SSSR count). The van der Waals surface area contributed by atoms with Crippen LogP contribution in [0.15, 0.2) is 17.0 Å². The normalized spacial score (nSPS) is 12.7. The average molecular weight is 315 g/mol. The first-order valence-corrected chi connectivity index (χ1v) is 8.46. The van der Waals surface area contributed by atoms with Crippen LogP contribution in [0.4, 0.5) is 0 Å². The number of hydrogen-bond acceptors (Lipinski definition) is 4. The number of hydrogen-bond donors (Lipinski definition) is 2. The van der Waals surface area contributed by atoms with Crippen LogP contribution in [0.3, 0.4) is 0 Å². The molecule has 0 amide bonds. The molecule has 120 valence electrons. The van der Waals surface area contributed by atoms with Crippen LogP contribution in [-0.2, 0) is 21.4 Å². The maximum absolute atomic E-state index is 12.4. The maximum atomic E-state index is 12.4. The summed E-state index contributed by atoms with van der Waals surface area (Å²) in [5, 5.41) is 9.29. The molecule has 5 nitrogen and oxygen atoms in total. The average Bonchev–Trinajstić information content (AvgIpc) is 2.36. The van der Waals surface area contributed by atoms with E-state index in [-0.39, 0.29) is 18.0 Å². The van der Waals surface area contributed by atoms with Gasteiger partial charge in [0.1, 0.15) is 0 Å². The van der Waals surface area contributed by atoms with Crippen molar-refractivity contribution in [2.75, 3.05) is 13.2 Å². The summed E-state index contributed by atoms with van der Waals surface area (Å²) in [6.45, 7) is 9.65. The zero-order chi connectivity index (χ0) is 16.3. The van der Waals surface area contributed by atoms with E-state index in [0.29, 0.717) is 17.7 Å². The van der Waals surface area contributed by atoms with Crippen molar-refractivity contribution in [1.29, 1.82) is 0 Å². The van der Waals surface area contributed by atoms with Crippen molar-refractivity contribution in [3.63, 3.8) is 0 Å². The molecule has 0 saturated heterocycles. The van der Waals surface area contributed by atoms with Crippen molar-refractivity contribution < 1.29 is 18.3 Å². The van der Waals surface area contributed by atoms with Gasteiger partial charge in [-0.05, 0) is 57.4 Å². The Labute approximate surface area is 127 Å².